The van der Waals surface area contributed by atoms with Crippen LogP contribution in [0, 0.1) is 12.8 Å². The monoisotopic (exact) mass is 417 g/mol. The number of nitrogens with zero attached hydrogens (tertiary/aromatic N) is 4. The van der Waals surface area contributed by atoms with Crippen molar-refractivity contribution >= 4 is 36.5 Å². The van der Waals surface area contributed by atoms with E-state index in [-0.39, 0.29) is 24.8 Å². The molecule has 2 aliphatic rings. The molecule has 1 amide bonds. The Labute approximate surface area is 175 Å². The molecule has 3 rings (SSSR count). The standard InChI is InChI=1S/C19H31N5O.2ClH/c1-14(2)19-21-15(3)12-17(22-19)23-8-10-24(11-9-23)18(25)5-4-16-6-7-20-13-16;;/h12,14,16,20H,4-11,13H2,1-3H3;2*1H. The first-order chi connectivity index (χ1) is 12.0. The molecule has 2 saturated heterocycles. The first kappa shape index (κ1) is 23.9. The van der Waals surface area contributed by atoms with Gasteiger partial charge in [0.05, 0.1) is 0 Å². The summed E-state index contributed by atoms with van der Waals surface area (Å²) < 4.78 is 0. The van der Waals surface area contributed by atoms with Crippen molar-refractivity contribution in [3.8, 4) is 0 Å². The van der Waals surface area contributed by atoms with Gasteiger partial charge < -0.3 is 15.1 Å². The van der Waals surface area contributed by atoms with E-state index in [1.807, 2.05) is 11.8 Å². The van der Waals surface area contributed by atoms with Crippen LogP contribution < -0.4 is 10.2 Å². The summed E-state index contributed by atoms with van der Waals surface area (Å²) in [5, 5.41) is 3.37. The van der Waals surface area contributed by atoms with Crippen LogP contribution in [-0.4, -0.2) is 60.0 Å². The van der Waals surface area contributed by atoms with Gasteiger partial charge in [-0.2, -0.15) is 0 Å². The summed E-state index contributed by atoms with van der Waals surface area (Å²) in [5.74, 6) is 3.22. The molecular formula is C19H33Cl2N5O. The predicted octanol–water partition coefficient (Wildman–Crippen LogP) is 2.79. The van der Waals surface area contributed by atoms with E-state index >= 15 is 0 Å². The molecule has 0 aromatic carbocycles. The van der Waals surface area contributed by atoms with Gasteiger partial charge in [0.15, 0.2) is 0 Å². The van der Waals surface area contributed by atoms with Crippen LogP contribution in [0.3, 0.4) is 0 Å². The molecule has 0 radical (unpaired) electrons. The van der Waals surface area contributed by atoms with Gasteiger partial charge in [-0.3, -0.25) is 4.79 Å². The Morgan fingerprint density at radius 3 is 2.52 bits per heavy atom. The summed E-state index contributed by atoms with van der Waals surface area (Å²) in [6.45, 7) is 11.7. The highest BCUT2D eigenvalue weighted by Crippen LogP contribution is 2.20. The number of amides is 1. The fourth-order valence-electron chi connectivity index (χ4n) is 3.63. The highest BCUT2D eigenvalue weighted by Gasteiger charge is 2.24. The maximum Gasteiger partial charge on any atom is 0.222 e. The molecule has 0 aliphatic carbocycles. The van der Waals surface area contributed by atoms with Gasteiger partial charge in [0.2, 0.25) is 5.91 Å². The number of aryl methyl sites for hydroxylation is 1. The summed E-state index contributed by atoms with van der Waals surface area (Å²) in [5.41, 5.74) is 1.01. The molecule has 1 unspecified atom stereocenters. The molecule has 3 heterocycles. The lowest BCUT2D eigenvalue weighted by Gasteiger charge is -2.36. The second kappa shape index (κ2) is 11.0. The summed E-state index contributed by atoms with van der Waals surface area (Å²) in [6, 6.07) is 2.05. The molecular weight excluding hydrogens is 385 g/mol. The van der Waals surface area contributed by atoms with Gasteiger partial charge in [0, 0.05) is 50.3 Å². The third-order valence-corrected chi connectivity index (χ3v) is 5.26. The van der Waals surface area contributed by atoms with Crippen molar-refractivity contribution in [2.75, 3.05) is 44.2 Å². The van der Waals surface area contributed by atoms with Crippen LogP contribution in [0.15, 0.2) is 6.07 Å². The first-order valence-corrected chi connectivity index (χ1v) is 9.62. The zero-order valence-electron chi connectivity index (χ0n) is 16.6. The van der Waals surface area contributed by atoms with Gasteiger partial charge in [-0.15, -0.1) is 24.8 Å². The lowest BCUT2D eigenvalue weighted by Crippen LogP contribution is -2.49. The fraction of sp³-hybridized carbons (Fsp3) is 0.737. The Hall–Kier alpha value is -1.11. The van der Waals surface area contributed by atoms with Crippen LogP contribution in [0.2, 0.25) is 0 Å². The van der Waals surface area contributed by atoms with E-state index in [1.54, 1.807) is 0 Å². The van der Waals surface area contributed by atoms with E-state index in [1.165, 1.54) is 6.42 Å². The minimum absolute atomic E-state index is 0. The van der Waals surface area contributed by atoms with Crippen molar-refractivity contribution in [3.63, 3.8) is 0 Å². The second-order valence-corrected chi connectivity index (χ2v) is 7.65. The molecule has 8 heteroatoms. The maximum absolute atomic E-state index is 12.5. The van der Waals surface area contributed by atoms with Gasteiger partial charge in [0.1, 0.15) is 11.6 Å². The molecule has 0 saturated carbocycles. The van der Waals surface area contributed by atoms with Gasteiger partial charge in [-0.25, -0.2) is 9.97 Å². The molecule has 2 fully saturated rings. The van der Waals surface area contributed by atoms with E-state index in [9.17, 15) is 4.79 Å². The van der Waals surface area contributed by atoms with Crippen LogP contribution in [-0.2, 0) is 4.79 Å². The number of aromatic nitrogens is 2. The molecule has 154 valence electrons. The van der Waals surface area contributed by atoms with Crippen LogP contribution in [0.1, 0.15) is 50.5 Å². The molecule has 0 spiro atoms. The summed E-state index contributed by atoms with van der Waals surface area (Å²) in [6.07, 6.45) is 2.93. The number of carbonyl (C=O) groups excluding carboxylic acids is 1. The number of carbonyl (C=O) groups is 1. The summed E-state index contributed by atoms with van der Waals surface area (Å²) in [7, 11) is 0. The van der Waals surface area contributed by atoms with Crippen LogP contribution in [0.25, 0.3) is 0 Å². The molecule has 0 bridgehead atoms. The number of hydrogen-bond acceptors (Lipinski definition) is 5. The van der Waals surface area contributed by atoms with Crippen LogP contribution >= 0.6 is 24.8 Å². The maximum atomic E-state index is 12.5. The number of anilines is 1. The average molecular weight is 418 g/mol. The number of rotatable bonds is 5. The number of hydrogen-bond donors (Lipinski definition) is 1. The zero-order chi connectivity index (χ0) is 17.8. The molecule has 6 nitrogen and oxygen atoms in total. The van der Waals surface area contributed by atoms with Crippen LogP contribution in [0.5, 0.6) is 0 Å². The Kier molecular flexibility index (Phi) is 9.77. The van der Waals surface area contributed by atoms with E-state index < -0.39 is 0 Å². The lowest BCUT2D eigenvalue weighted by atomic mass is 10.0. The zero-order valence-corrected chi connectivity index (χ0v) is 18.2. The third kappa shape index (κ3) is 6.47. The fourth-order valence-corrected chi connectivity index (χ4v) is 3.63. The molecule has 2 aliphatic heterocycles. The van der Waals surface area contributed by atoms with Gasteiger partial charge in [-0.05, 0) is 38.8 Å². The number of halogens is 2. The average Bonchev–Trinajstić information content (AvgIpc) is 3.13. The summed E-state index contributed by atoms with van der Waals surface area (Å²) in [4.78, 5) is 26.0. The first-order valence-electron chi connectivity index (χ1n) is 9.62. The van der Waals surface area contributed by atoms with Gasteiger partial charge in [-0.1, -0.05) is 13.8 Å². The van der Waals surface area contributed by atoms with E-state index in [0.29, 0.717) is 24.2 Å². The molecule has 27 heavy (non-hydrogen) atoms. The second-order valence-electron chi connectivity index (χ2n) is 7.65. The van der Waals surface area contributed by atoms with Gasteiger partial charge >= 0.3 is 0 Å². The third-order valence-electron chi connectivity index (χ3n) is 5.26. The van der Waals surface area contributed by atoms with E-state index in [2.05, 4.69) is 35.1 Å². The van der Waals surface area contributed by atoms with Crippen molar-refractivity contribution in [1.29, 1.82) is 0 Å². The van der Waals surface area contributed by atoms with Crippen molar-refractivity contribution in [3.05, 3.63) is 17.6 Å². The highest BCUT2D eigenvalue weighted by molar-refractivity contribution is 5.85. The molecule has 1 aromatic heterocycles. The Morgan fingerprint density at radius 2 is 1.93 bits per heavy atom. The lowest BCUT2D eigenvalue weighted by molar-refractivity contribution is -0.131. The largest absolute Gasteiger partial charge is 0.353 e. The predicted molar refractivity (Wildman–Crippen MR) is 114 cm³/mol. The van der Waals surface area contributed by atoms with Crippen LogP contribution in [0.4, 0.5) is 5.82 Å². The highest BCUT2D eigenvalue weighted by atomic mass is 35.5. The number of piperazine rings is 1. The van der Waals surface area contributed by atoms with Crippen molar-refractivity contribution in [2.24, 2.45) is 5.92 Å². The normalized spacial score (nSPS) is 19.6. The van der Waals surface area contributed by atoms with Crippen molar-refractivity contribution < 1.29 is 4.79 Å². The number of nitrogens with one attached hydrogen (secondary N) is 1. The summed E-state index contributed by atoms with van der Waals surface area (Å²) >= 11 is 0. The van der Waals surface area contributed by atoms with Crippen molar-refractivity contribution in [2.45, 2.75) is 46.0 Å². The minimum atomic E-state index is 0. The van der Waals surface area contributed by atoms with Gasteiger partial charge in [0.25, 0.3) is 0 Å². The Bertz CT molecular complexity index is 600. The molecule has 1 aromatic rings. The SMILES string of the molecule is Cc1cc(N2CCN(C(=O)CCC3CCNC3)CC2)nc(C(C)C)n1.Cl.Cl. The Balaban J connectivity index is 0.00000182. The van der Waals surface area contributed by atoms with E-state index in [4.69, 9.17) is 4.98 Å². The molecule has 1 atom stereocenters. The molecule has 1 N–H and O–H groups in total. The van der Waals surface area contributed by atoms with E-state index in [0.717, 1.165) is 63.0 Å². The quantitative estimate of drug-likeness (QED) is 0.797. The minimum Gasteiger partial charge on any atom is -0.353 e. The Morgan fingerprint density at radius 1 is 1.22 bits per heavy atom. The topological polar surface area (TPSA) is 61.4 Å². The van der Waals surface area contributed by atoms with Crippen molar-refractivity contribution in [1.82, 2.24) is 20.2 Å². The smallest absolute Gasteiger partial charge is 0.222 e.